The Morgan fingerprint density at radius 3 is 2.05 bits per heavy atom. The van der Waals surface area contributed by atoms with Crippen molar-refractivity contribution in [3.63, 3.8) is 0 Å². The predicted molar refractivity (Wildman–Crippen MR) is 92.8 cm³/mol. The Labute approximate surface area is 123 Å². The highest BCUT2D eigenvalue weighted by Crippen LogP contribution is 2.21. The van der Waals surface area contributed by atoms with E-state index in [2.05, 4.69) is 86.0 Å². The maximum absolute atomic E-state index is 3.90. The molecule has 0 aromatic heterocycles. The first-order valence-corrected chi connectivity index (χ1v) is 10.1. The fraction of sp³-hybridized carbons (Fsp3) is 0.158. The molecular weight excluding hydrogens is 256 g/mol. The molecule has 0 unspecified atom stereocenters. The Morgan fingerprint density at radius 2 is 1.50 bits per heavy atom. The smallest absolute Gasteiger partial charge is 0.103 e. The Bertz CT molecular complexity index is 580. The van der Waals surface area contributed by atoms with Crippen LogP contribution >= 0.6 is 0 Å². The zero-order chi connectivity index (χ0) is 14.4. The second kappa shape index (κ2) is 6.53. The molecule has 0 fully saturated rings. The van der Waals surface area contributed by atoms with Gasteiger partial charge < -0.3 is 0 Å². The van der Waals surface area contributed by atoms with Crippen LogP contribution in [0.4, 0.5) is 0 Å². The molecule has 2 aromatic rings. The molecule has 0 amide bonds. The number of hydrogen-bond donors (Lipinski definition) is 0. The summed E-state index contributed by atoms with van der Waals surface area (Å²) in [7, 11) is -1.57. The lowest BCUT2D eigenvalue weighted by atomic mass is 10.1. The first-order valence-electron chi connectivity index (χ1n) is 7.07. The minimum atomic E-state index is -1.57. The molecule has 0 radical (unpaired) electrons. The largest absolute Gasteiger partial charge is 0.104 e. The third-order valence-corrected chi connectivity index (χ3v) is 6.45. The van der Waals surface area contributed by atoms with Crippen LogP contribution in [0.1, 0.15) is 12.0 Å². The Kier molecular flexibility index (Phi) is 4.75. The van der Waals surface area contributed by atoms with Gasteiger partial charge in [-0.3, -0.25) is 0 Å². The highest BCUT2D eigenvalue weighted by atomic mass is 28.3. The normalized spacial score (nSPS) is 12.2. The maximum atomic E-state index is 3.90. The van der Waals surface area contributed by atoms with Gasteiger partial charge in [-0.25, -0.2) is 0 Å². The van der Waals surface area contributed by atoms with Gasteiger partial charge in [-0.15, -0.1) is 6.58 Å². The van der Waals surface area contributed by atoms with E-state index < -0.39 is 8.07 Å². The summed E-state index contributed by atoms with van der Waals surface area (Å²) in [6.07, 6.45) is 2.92. The van der Waals surface area contributed by atoms with Gasteiger partial charge in [0.05, 0.1) is 0 Å². The Morgan fingerprint density at radius 1 is 0.950 bits per heavy atom. The molecule has 0 heterocycles. The van der Waals surface area contributed by atoms with Crippen molar-refractivity contribution in [2.75, 3.05) is 0 Å². The van der Waals surface area contributed by atoms with Crippen molar-refractivity contribution in [1.82, 2.24) is 0 Å². The molecule has 0 nitrogen and oxygen atoms in total. The SMILES string of the molecule is C=CC/C(=C\[Si](C)(C)c1ccccc1)c1ccccc1. The van der Waals surface area contributed by atoms with E-state index >= 15 is 0 Å². The van der Waals surface area contributed by atoms with E-state index in [1.165, 1.54) is 16.3 Å². The summed E-state index contributed by atoms with van der Waals surface area (Å²) in [6.45, 7) is 8.70. The second-order valence-electron chi connectivity index (χ2n) is 5.62. The van der Waals surface area contributed by atoms with E-state index in [0.29, 0.717) is 0 Å². The molecule has 0 aliphatic rings. The van der Waals surface area contributed by atoms with Crippen molar-refractivity contribution < 1.29 is 0 Å². The van der Waals surface area contributed by atoms with Gasteiger partial charge in [-0.2, -0.15) is 0 Å². The van der Waals surface area contributed by atoms with Gasteiger partial charge in [-0.05, 0) is 17.6 Å². The maximum Gasteiger partial charge on any atom is 0.104 e. The van der Waals surface area contributed by atoms with Gasteiger partial charge in [0.1, 0.15) is 8.07 Å². The first-order chi connectivity index (χ1) is 9.63. The van der Waals surface area contributed by atoms with Crippen LogP contribution in [0.5, 0.6) is 0 Å². The molecule has 1 heteroatoms. The van der Waals surface area contributed by atoms with Crippen molar-refractivity contribution in [2.45, 2.75) is 19.5 Å². The summed E-state index contributed by atoms with van der Waals surface area (Å²) >= 11 is 0. The van der Waals surface area contributed by atoms with Gasteiger partial charge in [0.2, 0.25) is 0 Å². The summed E-state index contributed by atoms with van der Waals surface area (Å²) in [4.78, 5) is 0. The predicted octanol–water partition coefficient (Wildman–Crippen LogP) is 4.80. The average Bonchev–Trinajstić information content (AvgIpc) is 2.48. The van der Waals surface area contributed by atoms with Crippen LogP contribution < -0.4 is 5.19 Å². The number of allylic oxidation sites excluding steroid dienone is 2. The van der Waals surface area contributed by atoms with Gasteiger partial charge in [0.15, 0.2) is 0 Å². The Balaban J connectivity index is 2.41. The molecule has 0 aliphatic heterocycles. The van der Waals surface area contributed by atoms with Crippen LogP contribution in [0.15, 0.2) is 79.0 Å². The molecule has 0 saturated heterocycles. The van der Waals surface area contributed by atoms with Gasteiger partial charge in [0.25, 0.3) is 0 Å². The summed E-state index contributed by atoms with van der Waals surface area (Å²) in [5, 5.41) is 1.47. The molecule has 0 aliphatic carbocycles. The molecule has 0 atom stereocenters. The van der Waals surface area contributed by atoms with Crippen molar-refractivity contribution in [3.8, 4) is 0 Å². The van der Waals surface area contributed by atoms with Crippen molar-refractivity contribution in [3.05, 3.63) is 84.6 Å². The lowest BCUT2D eigenvalue weighted by molar-refractivity contribution is 1.40. The third kappa shape index (κ3) is 3.58. The number of benzene rings is 2. The zero-order valence-corrected chi connectivity index (χ0v) is 13.3. The van der Waals surface area contributed by atoms with Crippen LogP contribution in [-0.4, -0.2) is 8.07 Å². The first kappa shape index (κ1) is 14.5. The van der Waals surface area contributed by atoms with Crippen molar-refractivity contribution in [2.24, 2.45) is 0 Å². The Hall–Kier alpha value is -1.86. The van der Waals surface area contributed by atoms with Crippen molar-refractivity contribution >= 4 is 18.8 Å². The summed E-state index contributed by atoms with van der Waals surface area (Å²) in [6, 6.07) is 21.5. The van der Waals surface area contributed by atoms with E-state index in [1.54, 1.807) is 0 Å². The summed E-state index contributed by atoms with van der Waals surface area (Å²) < 4.78 is 0. The van der Waals surface area contributed by atoms with Crippen LogP contribution in [0, 0.1) is 0 Å². The summed E-state index contributed by atoms with van der Waals surface area (Å²) in [5.41, 5.74) is 5.20. The third-order valence-electron chi connectivity index (χ3n) is 3.56. The van der Waals surface area contributed by atoms with E-state index in [1.807, 2.05) is 6.08 Å². The van der Waals surface area contributed by atoms with Crippen molar-refractivity contribution in [1.29, 1.82) is 0 Å². The van der Waals surface area contributed by atoms with Gasteiger partial charge >= 0.3 is 0 Å². The quantitative estimate of drug-likeness (QED) is 0.544. The van der Waals surface area contributed by atoms with Crippen LogP contribution in [-0.2, 0) is 0 Å². The fourth-order valence-corrected chi connectivity index (χ4v) is 4.83. The minimum Gasteiger partial charge on any atom is -0.103 e. The zero-order valence-electron chi connectivity index (χ0n) is 12.3. The molecule has 0 spiro atoms. The molecule has 0 saturated carbocycles. The molecule has 2 rings (SSSR count). The monoisotopic (exact) mass is 278 g/mol. The molecule has 102 valence electrons. The molecule has 0 N–H and O–H groups in total. The van der Waals surface area contributed by atoms with E-state index in [0.717, 1.165) is 6.42 Å². The van der Waals surface area contributed by atoms with Gasteiger partial charge in [-0.1, -0.05) is 90.7 Å². The average molecular weight is 278 g/mol. The van der Waals surface area contributed by atoms with Crippen LogP contribution in [0.25, 0.3) is 5.57 Å². The van der Waals surface area contributed by atoms with Crippen LogP contribution in [0.3, 0.4) is 0 Å². The lowest BCUT2D eigenvalue weighted by Gasteiger charge is -2.21. The van der Waals surface area contributed by atoms with Gasteiger partial charge in [0, 0.05) is 0 Å². The van der Waals surface area contributed by atoms with E-state index in [-0.39, 0.29) is 0 Å². The molecule has 20 heavy (non-hydrogen) atoms. The standard InChI is InChI=1S/C19H22Si/c1-4-11-18(17-12-7-5-8-13-17)16-20(2,3)19-14-9-6-10-15-19/h4-10,12-16H,1,11H2,2-3H3/b18-16+. The molecule has 2 aromatic carbocycles. The van der Waals surface area contributed by atoms with Crippen LogP contribution in [0.2, 0.25) is 13.1 Å². The fourth-order valence-electron chi connectivity index (χ4n) is 2.45. The lowest BCUT2D eigenvalue weighted by Crippen LogP contribution is -2.39. The topological polar surface area (TPSA) is 0 Å². The summed E-state index contributed by atoms with van der Waals surface area (Å²) in [5.74, 6) is 0. The minimum absolute atomic E-state index is 0.924. The van der Waals surface area contributed by atoms with E-state index in [4.69, 9.17) is 0 Å². The number of hydrogen-bond acceptors (Lipinski definition) is 0. The highest BCUT2D eigenvalue weighted by Gasteiger charge is 2.21. The molecule has 0 bridgehead atoms. The number of rotatable bonds is 5. The van der Waals surface area contributed by atoms with E-state index in [9.17, 15) is 0 Å². The highest BCUT2D eigenvalue weighted by molar-refractivity contribution is 6.94. The second-order valence-corrected chi connectivity index (χ2v) is 9.93. The molecular formula is C19H22Si.